The average Bonchev–Trinajstić information content (AvgIpc) is 2.46. The Morgan fingerprint density at radius 2 is 2.05 bits per heavy atom. The second kappa shape index (κ2) is 7.04. The van der Waals surface area contributed by atoms with E-state index in [9.17, 15) is 9.59 Å². The van der Waals surface area contributed by atoms with E-state index in [1.807, 2.05) is 19.1 Å². The van der Waals surface area contributed by atoms with Crippen molar-refractivity contribution in [3.05, 3.63) is 58.1 Å². The third-order valence-electron chi connectivity index (χ3n) is 2.71. The van der Waals surface area contributed by atoms with Crippen molar-refractivity contribution in [3.63, 3.8) is 0 Å². The van der Waals surface area contributed by atoms with E-state index in [4.69, 9.17) is 9.47 Å². The van der Waals surface area contributed by atoms with Crippen LogP contribution in [0.4, 0.5) is 0 Å². The zero-order chi connectivity index (χ0) is 15.2. The number of aldehydes is 1. The van der Waals surface area contributed by atoms with Gasteiger partial charge in [-0.15, -0.1) is 0 Å². The van der Waals surface area contributed by atoms with Gasteiger partial charge in [-0.25, -0.2) is 4.79 Å². The number of halogens is 1. The van der Waals surface area contributed by atoms with Gasteiger partial charge in [-0.3, -0.25) is 4.79 Å². The lowest BCUT2D eigenvalue weighted by Gasteiger charge is -2.09. The van der Waals surface area contributed by atoms with E-state index in [1.165, 1.54) is 6.07 Å². The fourth-order valence-electron chi connectivity index (χ4n) is 1.72. The van der Waals surface area contributed by atoms with Crippen LogP contribution in [0.5, 0.6) is 11.5 Å². The summed E-state index contributed by atoms with van der Waals surface area (Å²) in [6, 6.07) is 11.9. The third-order valence-corrected chi connectivity index (χ3v) is 3.20. The molecular weight excluding hydrogens is 336 g/mol. The molecule has 2 rings (SSSR count). The van der Waals surface area contributed by atoms with Crippen LogP contribution in [0.2, 0.25) is 0 Å². The molecule has 0 aliphatic rings. The Hall–Kier alpha value is -2.14. The number of carbonyl (C=O) groups is 2. The van der Waals surface area contributed by atoms with E-state index in [0.29, 0.717) is 23.3 Å². The number of hydrogen-bond acceptors (Lipinski definition) is 4. The van der Waals surface area contributed by atoms with E-state index in [2.05, 4.69) is 15.9 Å². The Bertz CT molecular complexity index is 667. The van der Waals surface area contributed by atoms with Crippen LogP contribution in [0.3, 0.4) is 0 Å². The fourth-order valence-corrected chi connectivity index (χ4v) is 2.20. The Balaban J connectivity index is 1.94. The summed E-state index contributed by atoms with van der Waals surface area (Å²) in [7, 11) is 0. The number of rotatable bonds is 5. The second-order valence-electron chi connectivity index (χ2n) is 4.36. The lowest BCUT2D eigenvalue weighted by atomic mass is 10.2. The molecule has 0 fully saturated rings. The van der Waals surface area contributed by atoms with Crippen LogP contribution in [0, 0.1) is 6.92 Å². The van der Waals surface area contributed by atoms with Crippen molar-refractivity contribution in [2.24, 2.45) is 0 Å². The Labute approximate surface area is 130 Å². The van der Waals surface area contributed by atoms with Crippen LogP contribution in [0.25, 0.3) is 0 Å². The molecule has 21 heavy (non-hydrogen) atoms. The number of hydrogen-bond donors (Lipinski definition) is 0. The number of benzene rings is 2. The van der Waals surface area contributed by atoms with Crippen LogP contribution in [-0.2, 0) is 4.79 Å². The lowest BCUT2D eigenvalue weighted by Crippen LogP contribution is -2.18. The molecule has 108 valence electrons. The summed E-state index contributed by atoms with van der Waals surface area (Å²) < 4.78 is 11.5. The number of ether oxygens (including phenoxy) is 2. The predicted molar refractivity (Wildman–Crippen MR) is 81.8 cm³/mol. The van der Waals surface area contributed by atoms with Crippen molar-refractivity contribution in [3.8, 4) is 11.5 Å². The molecule has 0 aromatic heterocycles. The molecule has 0 saturated heterocycles. The molecule has 0 spiro atoms. The highest BCUT2D eigenvalue weighted by atomic mass is 79.9. The molecule has 4 nitrogen and oxygen atoms in total. The zero-order valence-corrected chi connectivity index (χ0v) is 12.9. The van der Waals surface area contributed by atoms with Crippen LogP contribution < -0.4 is 9.47 Å². The van der Waals surface area contributed by atoms with Gasteiger partial charge in [0.05, 0.1) is 0 Å². The van der Waals surface area contributed by atoms with Crippen LogP contribution in [-0.4, -0.2) is 18.9 Å². The van der Waals surface area contributed by atoms with Gasteiger partial charge < -0.3 is 9.47 Å². The first kappa shape index (κ1) is 15.3. The predicted octanol–water partition coefficient (Wildman–Crippen LogP) is 3.55. The van der Waals surface area contributed by atoms with Crippen molar-refractivity contribution in [2.75, 3.05) is 6.61 Å². The summed E-state index contributed by atoms with van der Waals surface area (Å²) in [5, 5.41) is 0. The van der Waals surface area contributed by atoms with E-state index >= 15 is 0 Å². The maximum Gasteiger partial charge on any atom is 0.349 e. The quantitative estimate of drug-likeness (QED) is 0.471. The number of esters is 1. The molecule has 0 unspecified atom stereocenters. The van der Waals surface area contributed by atoms with Gasteiger partial charge >= 0.3 is 5.97 Å². The summed E-state index contributed by atoms with van der Waals surface area (Å²) in [6.07, 6.45) is 0.693. The minimum absolute atomic E-state index is 0.201. The second-order valence-corrected chi connectivity index (χ2v) is 5.28. The molecule has 0 aliphatic heterocycles. The Kier molecular flexibility index (Phi) is 5.11. The molecule has 0 saturated carbocycles. The van der Waals surface area contributed by atoms with Crippen molar-refractivity contribution in [2.45, 2.75) is 6.92 Å². The minimum Gasteiger partial charge on any atom is -0.482 e. The zero-order valence-electron chi connectivity index (χ0n) is 11.3. The molecule has 0 bridgehead atoms. The lowest BCUT2D eigenvalue weighted by molar-refractivity contribution is -0.136. The molecule has 0 N–H and O–H groups in total. The standard InChI is InChI=1S/C16H13BrO4/c1-11-7-13(17)5-6-15(11)20-10-16(19)21-14-4-2-3-12(8-14)9-18/h2-9H,10H2,1H3. The van der Waals surface area contributed by atoms with Gasteiger partial charge in [-0.2, -0.15) is 0 Å². The minimum atomic E-state index is -0.527. The molecule has 0 radical (unpaired) electrons. The Morgan fingerprint density at radius 1 is 1.24 bits per heavy atom. The van der Waals surface area contributed by atoms with Gasteiger partial charge in [0.1, 0.15) is 17.8 Å². The van der Waals surface area contributed by atoms with E-state index in [0.717, 1.165) is 10.0 Å². The molecule has 0 amide bonds. The first-order valence-electron chi connectivity index (χ1n) is 6.23. The van der Waals surface area contributed by atoms with Crippen LogP contribution in [0.15, 0.2) is 46.9 Å². The largest absolute Gasteiger partial charge is 0.482 e. The van der Waals surface area contributed by atoms with Gasteiger partial charge in [-0.05, 0) is 42.8 Å². The maximum atomic E-state index is 11.7. The normalized spacial score (nSPS) is 10.0. The number of carbonyl (C=O) groups excluding carboxylic acids is 2. The molecular formula is C16H13BrO4. The van der Waals surface area contributed by atoms with Crippen LogP contribution >= 0.6 is 15.9 Å². The van der Waals surface area contributed by atoms with Crippen LogP contribution in [0.1, 0.15) is 15.9 Å². The van der Waals surface area contributed by atoms with Crippen molar-refractivity contribution < 1.29 is 19.1 Å². The molecule has 0 heterocycles. The third kappa shape index (κ3) is 4.43. The molecule has 2 aromatic rings. The van der Waals surface area contributed by atoms with Crippen molar-refractivity contribution in [1.82, 2.24) is 0 Å². The van der Waals surface area contributed by atoms with Gasteiger partial charge in [0.25, 0.3) is 0 Å². The number of aryl methyl sites for hydroxylation is 1. The topological polar surface area (TPSA) is 52.6 Å². The summed E-state index contributed by atoms with van der Waals surface area (Å²) in [6.45, 7) is 1.69. The SMILES string of the molecule is Cc1cc(Br)ccc1OCC(=O)Oc1cccc(C=O)c1. The highest BCUT2D eigenvalue weighted by Gasteiger charge is 2.08. The highest BCUT2D eigenvalue weighted by molar-refractivity contribution is 9.10. The van der Waals surface area contributed by atoms with E-state index < -0.39 is 5.97 Å². The van der Waals surface area contributed by atoms with Gasteiger partial charge in [-0.1, -0.05) is 28.1 Å². The molecule has 0 atom stereocenters. The van der Waals surface area contributed by atoms with E-state index in [-0.39, 0.29) is 6.61 Å². The van der Waals surface area contributed by atoms with Gasteiger partial charge in [0.2, 0.25) is 0 Å². The van der Waals surface area contributed by atoms with Gasteiger partial charge in [0, 0.05) is 10.0 Å². The maximum absolute atomic E-state index is 11.7. The monoisotopic (exact) mass is 348 g/mol. The summed E-state index contributed by atoms with van der Waals surface area (Å²) in [5.41, 5.74) is 1.37. The van der Waals surface area contributed by atoms with Crippen molar-refractivity contribution >= 4 is 28.2 Å². The average molecular weight is 349 g/mol. The summed E-state index contributed by atoms with van der Waals surface area (Å²) in [4.78, 5) is 22.4. The first-order chi connectivity index (χ1) is 10.1. The molecule has 2 aromatic carbocycles. The smallest absolute Gasteiger partial charge is 0.349 e. The van der Waals surface area contributed by atoms with Gasteiger partial charge in [0.15, 0.2) is 6.61 Å². The highest BCUT2D eigenvalue weighted by Crippen LogP contribution is 2.22. The Morgan fingerprint density at radius 3 is 2.76 bits per heavy atom. The summed E-state index contributed by atoms with van der Waals surface area (Å²) in [5.74, 6) is 0.415. The summed E-state index contributed by atoms with van der Waals surface area (Å²) >= 11 is 3.36. The molecule has 5 heteroatoms. The first-order valence-corrected chi connectivity index (χ1v) is 7.02. The van der Waals surface area contributed by atoms with E-state index in [1.54, 1.807) is 24.3 Å². The fraction of sp³-hybridized carbons (Fsp3) is 0.125. The molecule has 0 aliphatic carbocycles. The van der Waals surface area contributed by atoms with Crippen molar-refractivity contribution in [1.29, 1.82) is 0 Å².